The van der Waals surface area contributed by atoms with Gasteiger partial charge in [0.2, 0.25) is 11.2 Å². The van der Waals surface area contributed by atoms with E-state index in [9.17, 15) is 10.1 Å². The first-order valence-corrected chi connectivity index (χ1v) is 11.7. The zero-order chi connectivity index (χ0) is 20.2. The molecule has 1 amide bonds. The lowest BCUT2D eigenvalue weighted by Gasteiger charge is -2.19. The molecule has 2 aromatic heterocycles. The van der Waals surface area contributed by atoms with Crippen LogP contribution in [0.1, 0.15) is 48.8 Å². The number of carbonyl (C=O) groups is 1. The largest absolute Gasteiger partial charge is 0.305 e. The number of carbonyl (C=O) groups excluding carboxylic acids is 1. The van der Waals surface area contributed by atoms with Crippen molar-refractivity contribution in [3.8, 4) is 6.07 Å². The van der Waals surface area contributed by atoms with Gasteiger partial charge in [0.1, 0.15) is 10.7 Å². The molecule has 1 saturated heterocycles. The third-order valence-electron chi connectivity index (χ3n) is 5.22. The molecule has 152 valence electrons. The minimum atomic E-state index is -0.176. The molecule has 0 spiro atoms. The lowest BCUT2D eigenvalue weighted by atomic mass is 9.91. The van der Waals surface area contributed by atoms with Gasteiger partial charge in [-0.15, -0.1) is 23.1 Å². The van der Waals surface area contributed by atoms with Crippen LogP contribution in [-0.4, -0.2) is 30.0 Å². The maximum absolute atomic E-state index is 12.4. The van der Waals surface area contributed by atoms with Crippen molar-refractivity contribution in [3.63, 3.8) is 0 Å². The standard InChI is InChI=1S/C19H22N6O2S2/c20-10-15-13-6-2-3-7-14(13)19(29-18(15)21)28-12-16(26)22-17-11-25(23-27-17)24-8-4-1-5-9-24/h11,21H,1-9,12H2/p+1. The molecule has 8 nitrogen and oxygen atoms in total. The summed E-state index contributed by atoms with van der Waals surface area (Å²) in [4.78, 5) is 14.1. The van der Waals surface area contributed by atoms with E-state index in [1.54, 1.807) is 11.0 Å². The van der Waals surface area contributed by atoms with E-state index < -0.39 is 0 Å². The van der Waals surface area contributed by atoms with Gasteiger partial charge < -0.3 is 0 Å². The summed E-state index contributed by atoms with van der Waals surface area (Å²) in [6, 6.07) is 2.19. The maximum Gasteiger partial charge on any atom is 0.305 e. The average molecular weight is 432 g/mol. The Kier molecular flexibility index (Phi) is 6.16. The third kappa shape index (κ3) is 4.46. The van der Waals surface area contributed by atoms with Crippen LogP contribution in [0, 0.1) is 16.7 Å². The third-order valence-corrected chi connectivity index (χ3v) is 7.58. The molecular weight excluding hydrogens is 408 g/mol. The quantitative estimate of drug-likeness (QED) is 0.554. The van der Waals surface area contributed by atoms with Crippen molar-refractivity contribution in [2.75, 3.05) is 29.2 Å². The Morgan fingerprint density at radius 3 is 2.83 bits per heavy atom. The van der Waals surface area contributed by atoms with E-state index in [1.807, 2.05) is 0 Å². The van der Waals surface area contributed by atoms with Crippen LogP contribution >= 0.6 is 23.1 Å². The molecular formula is C19H23N6O2S2+. The average Bonchev–Trinajstić information content (AvgIpc) is 3.21. The summed E-state index contributed by atoms with van der Waals surface area (Å²) in [6.07, 6.45) is 9.06. The molecule has 2 aromatic rings. The SMILES string of the molecule is N#Cc1c2c(c(SCC(=O)Nc3c[n+](N4CCCCC4)no3)sc1=N)CCCC2. The smallest absolute Gasteiger partial charge is 0.289 e. The van der Waals surface area contributed by atoms with Crippen LogP contribution in [0.15, 0.2) is 14.9 Å². The molecule has 1 aliphatic carbocycles. The summed E-state index contributed by atoms with van der Waals surface area (Å²) >= 11 is 2.72. The van der Waals surface area contributed by atoms with E-state index >= 15 is 0 Å². The molecule has 2 N–H and O–H groups in total. The predicted molar refractivity (Wildman–Crippen MR) is 109 cm³/mol. The Hall–Kier alpha value is -2.38. The van der Waals surface area contributed by atoms with Crippen molar-refractivity contribution >= 4 is 34.9 Å². The number of nitrogens with zero attached hydrogens (tertiary/aromatic N) is 4. The first kappa shape index (κ1) is 19.9. The maximum atomic E-state index is 12.4. The highest BCUT2D eigenvalue weighted by Gasteiger charge is 2.24. The van der Waals surface area contributed by atoms with Crippen molar-refractivity contribution in [3.05, 3.63) is 27.6 Å². The molecule has 2 aliphatic rings. The van der Waals surface area contributed by atoms with E-state index in [-0.39, 0.29) is 16.3 Å². The number of aromatic nitrogens is 2. The van der Waals surface area contributed by atoms with Gasteiger partial charge in [-0.05, 0) is 56.1 Å². The molecule has 3 heterocycles. The fraction of sp³-hybridized carbons (Fsp3) is 0.526. The van der Waals surface area contributed by atoms with E-state index in [4.69, 9.17) is 9.93 Å². The van der Waals surface area contributed by atoms with Gasteiger partial charge in [0, 0.05) is 0 Å². The van der Waals surface area contributed by atoms with E-state index in [2.05, 4.69) is 21.7 Å². The molecule has 4 rings (SSSR count). The molecule has 10 heteroatoms. The lowest BCUT2D eigenvalue weighted by molar-refractivity contribution is -0.759. The van der Waals surface area contributed by atoms with Gasteiger partial charge in [-0.2, -0.15) is 10.3 Å². The van der Waals surface area contributed by atoms with Crippen LogP contribution in [-0.2, 0) is 17.6 Å². The Balaban J connectivity index is 1.40. The molecule has 0 atom stereocenters. The lowest BCUT2D eigenvalue weighted by Crippen LogP contribution is -2.60. The number of piperidine rings is 1. The van der Waals surface area contributed by atoms with Gasteiger partial charge in [0.15, 0.2) is 0 Å². The molecule has 0 unspecified atom stereocenters. The van der Waals surface area contributed by atoms with Crippen LogP contribution in [0.2, 0.25) is 0 Å². The molecule has 0 bridgehead atoms. The zero-order valence-corrected chi connectivity index (χ0v) is 17.7. The predicted octanol–water partition coefficient (Wildman–Crippen LogP) is 2.11. The Morgan fingerprint density at radius 2 is 2.07 bits per heavy atom. The second kappa shape index (κ2) is 8.97. The normalized spacial score (nSPS) is 16.2. The number of amides is 1. The van der Waals surface area contributed by atoms with Gasteiger partial charge in [-0.3, -0.25) is 20.0 Å². The van der Waals surface area contributed by atoms with Gasteiger partial charge in [-0.1, -0.05) is 0 Å². The van der Waals surface area contributed by atoms with Crippen LogP contribution in [0.3, 0.4) is 0 Å². The number of nitriles is 1. The molecule has 0 radical (unpaired) electrons. The summed E-state index contributed by atoms with van der Waals surface area (Å²) in [5.41, 5.74) is 2.65. The highest BCUT2D eigenvalue weighted by Crippen LogP contribution is 2.34. The van der Waals surface area contributed by atoms with Crippen molar-refractivity contribution in [2.24, 2.45) is 0 Å². The van der Waals surface area contributed by atoms with Crippen LogP contribution in [0.5, 0.6) is 0 Å². The van der Waals surface area contributed by atoms with Crippen LogP contribution in [0.25, 0.3) is 0 Å². The minimum absolute atomic E-state index is 0.176. The van der Waals surface area contributed by atoms with Crippen LogP contribution < -0.4 is 19.8 Å². The van der Waals surface area contributed by atoms with Crippen molar-refractivity contribution in [1.82, 2.24) is 5.27 Å². The summed E-state index contributed by atoms with van der Waals surface area (Å²) in [5.74, 6) is 0.371. The Morgan fingerprint density at radius 1 is 1.31 bits per heavy atom. The zero-order valence-electron chi connectivity index (χ0n) is 16.1. The molecule has 1 fully saturated rings. The highest BCUT2D eigenvalue weighted by molar-refractivity contribution is 8.01. The van der Waals surface area contributed by atoms with Crippen molar-refractivity contribution < 1.29 is 14.1 Å². The Bertz CT molecular complexity index is 1000. The number of rotatable bonds is 5. The van der Waals surface area contributed by atoms with Crippen LogP contribution in [0.4, 0.5) is 5.88 Å². The van der Waals surface area contributed by atoms with Crippen molar-refractivity contribution in [2.45, 2.75) is 49.2 Å². The van der Waals surface area contributed by atoms with Crippen molar-refractivity contribution in [1.29, 1.82) is 10.7 Å². The van der Waals surface area contributed by atoms with E-state index in [1.165, 1.54) is 29.5 Å². The minimum Gasteiger partial charge on any atom is -0.289 e. The number of hydrogen-bond donors (Lipinski definition) is 2. The summed E-state index contributed by atoms with van der Waals surface area (Å²) < 4.78 is 6.51. The fourth-order valence-electron chi connectivity index (χ4n) is 3.80. The molecule has 0 aromatic carbocycles. The van der Waals surface area contributed by atoms with E-state index in [0.29, 0.717) is 11.4 Å². The Labute approximate surface area is 177 Å². The van der Waals surface area contributed by atoms with Gasteiger partial charge in [0.25, 0.3) is 6.20 Å². The fourth-order valence-corrected chi connectivity index (χ4v) is 6.00. The highest BCUT2D eigenvalue weighted by atomic mass is 32.2. The number of thioether (sulfide) groups is 1. The summed E-state index contributed by atoms with van der Waals surface area (Å²) in [5, 5.41) is 26.4. The molecule has 29 heavy (non-hydrogen) atoms. The topological polar surface area (TPSA) is 110 Å². The number of fused-ring (bicyclic) bond motifs is 1. The first-order chi connectivity index (χ1) is 14.2. The number of anilines is 1. The summed E-state index contributed by atoms with van der Waals surface area (Å²) in [6.45, 7) is 1.86. The molecule has 0 saturated carbocycles. The van der Waals surface area contributed by atoms with E-state index in [0.717, 1.165) is 67.0 Å². The van der Waals surface area contributed by atoms with Gasteiger partial charge >= 0.3 is 5.88 Å². The molecule has 1 aliphatic heterocycles. The summed E-state index contributed by atoms with van der Waals surface area (Å²) in [7, 11) is 0. The first-order valence-electron chi connectivity index (χ1n) is 9.86. The van der Waals surface area contributed by atoms with Gasteiger partial charge in [0.05, 0.1) is 33.4 Å². The number of nitrogens with one attached hydrogen (secondary N) is 2. The second-order valence-corrected chi connectivity index (χ2v) is 9.47. The van der Waals surface area contributed by atoms with Gasteiger partial charge in [-0.25, -0.2) is 0 Å². The monoisotopic (exact) mass is 431 g/mol. The number of hydrogen-bond acceptors (Lipinski definition) is 8. The second-order valence-electron chi connectivity index (χ2n) is 7.21.